The second-order valence-corrected chi connectivity index (χ2v) is 8.35. The molecular weight excluding hydrogens is 416 g/mol. The fourth-order valence-electron chi connectivity index (χ4n) is 3.36. The molecule has 0 saturated heterocycles. The highest BCUT2D eigenvalue weighted by Gasteiger charge is 2.09. The molecular formula is C27H20N2O2S. The van der Waals surface area contributed by atoms with Crippen molar-refractivity contribution in [2.24, 2.45) is 0 Å². The number of nitrogens with zero attached hydrogens (tertiary/aromatic N) is 1. The summed E-state index contributed by atoms with van der Waals surface area (Å²) in [6.45, 7) is 0.457. The van der Waals surface area contributed by atoms with E-state index in [-0.39, 0.29) is 5.91 Å². The molecule has 0 aliphatic rings. The topological polar surface area (TPSA) is 51.2 Å². The van der Waals surface area contributed by atoms with Crippen LogP contribution in [0.5, 0.6) is 5.75 Å². The third kappa shape index (κ3) is 4.53. The smallest absolute Gasteiger partial charge is 0.255 e. The van der Waals surface area contributed by atoms with Gasteiger partial charge >= 0.3 is 0 Å². The van der Waals surface area contributed by atoms with E-state index in [0.29, 0.717) is 17.9 Å². The van der Waals surface area contributed by atoms with E-state index in [9.17, 15) is 4.79 Å². The highest BCUT2D eigenvalue weighted by molar-refractivity contribution is 7.21. The highest BCUT2D eigenvalue weighted by atomic mass is 32.1. The molecule has 0 unspecified atom stereocenters. The fraction of sp³-hybridized carbons (Fsp3) is 0.0370. The number of amides is 1. The number of thiazole rings is 1. The van der Waals surface area contributed by atoms with Crippen LogP contribution in [0.15, 0.2) is 103 Å². The number of anilines is 1. The minimum Gasteiger partial charge on any atom is -0.489 e. The lowest BCUT2D eigenvalue weighted by Gasteiger charge is -2.09. The summed E-state index contributed by atoms with van der Waals surface area (Å²) in [4.78, 5) is 17.4. The van der Waals surface area contributed by atoms with Gasteiger partial charge in [0.05, 0.1) is 10.2 Å². The molecule has 5 aromatic rings. The van der Waals surface area contributed by atoms with Crippen LogP contribution in [0.25, 0.3) is 20.8 Å². The van der Waals surface area contributed by atoms with Gasteiger partial charge in [0.1, 0.15) is 17.4 Å². The zero-order valence-corrected chi connectivity index (χ0v) is 18.0. The molecule has 0 fully saturated rings. The second-order valence-electron chi connectivity index (χ2n) is 7.32. The van der Waals surface area contributed by atoms with E-state index < -0.39 is 0 Å². The van der Waals surface area contributed by atoms with Crippen molar-refractivity contribution in [3.63, 3.8) is 0 Å². The summed E-state index contributed by atoms with van der Waals surface area (Å²) in [5.41, 5.74) is 4.39. The van der Waals surface area contributed by atoms with Gasteiger partial charge < -0.3 is 10.1 Å². The average Bonchev–Trinajstić information content (AvgIpc) is 3.28. The van der Waals surface area contributed by atoms with Crippen LogP contribution in [-0.2, 0) is 6.61 Å². The van der Waals surface area contributed by atoms with E-state index in [1.165, 1.54) is 0 Å². The van der Waals surface area contributed by atoms with Crippen LogP contribution in [0, 0.1) is 0 Å². The Balaban J connectivity index is 1.25. The van der Waals surface area contributed by atoms with Gasteiger partial charge in [-0.25, -0.2) is 4.98 Å². The number of carbonyl (C=O) groups excluding carboxylic acids is 1. The van der Waals surface area contributed by atoms with Gasteiger partial charge in [-0.15, -0.1) is 11.3 Å². The molecule has 1 heterocycles. The van der Waals surface area contributed by atoms with E-state index in [1.54, 1.807) is 23.5 Å². The maximum Gasteiger partial charge on any atom is 0.255 e. The summed E-state index contributed by atoms with van der Waals surface area (Å²) in [6, 6.07) is 33.0. The standard InChI is InChI=1S/C27H20N2O2S/c30-26(21-9-6-10-23(17-21)31-18-19-7-2-1-3-8-19)28-22-15-13-20(14-16-22)27-29-24-11-4-5-12-25(24)32-27/h1-17H,18H2,(H,28,30). The molecule has 1 N–H and O–H groups in total. The third-order valence-electron chi connectivity index (χ3n) is 5.03. The molecule has 0 radical (unpaired) electrons. The number of hydrogen-bond donors (Lipinski definition) is 1. The van der Waals surface area contributed by atoms with Crippen molar-refractivity contribution >= 4 is 33.1 Å². The monoisotopic (exact) mass is 436 g/mol. The Bertz CT molecular complexity index is 1330. The molecule has 0 aliphatic heterocycles. The summed E-state index contributed by atoms with van der Waals surface area (Å²) in [7, 11) is 0. The average molecular weight is 437 g/mol. The normalized spacial score (nSPS) is 10.8. The van der Waals surface area contributed by atoms with Crippen molar-refractivity contribution in [2.75, 3.05) is 5.32 Å². The van der Waals surface area contributed by atoms with E-state index >= 15 is 0 Å². The van der Waals surface area contributed by atoms with Crippen LogP contribution < -0.4 is 10.1 Å². The summed E-state index contributed by atoms with van der Waals surface area (Å²) >= 11 is 1.66. The quantitative estimate of drug-likeness (QED) is 0.319. The van der Waals surface area contributed by atoms with Crippen LogP contribution in [0.4, 0.5) is 5.69 Å². The predicted octanol–water partition coefficient (Wildman–Crippen LogP) is 6.79. The van der Waals surface area contributed by atoms with Gasteiger partial charge in [-0.05, 0) is 60.2 Å². The maximum absolute atomic E-state index is 12.7. The Morgan fingerprint density at radius 1 is 0.844 bits per heavy atom. The molecule has 1 aromatic heterocycles. The van der Waals surface area contributed by atoms with Crippen LogP contribution in [0.1, 0.15) is 15.9 Å². The Kier molecular flexibility index (Phi) is 5.64. The molecule has 1 amide bonds. The Labute approximate surface area is 190 Å². The minimum absolute atomic E-state index is 0.178. The molecule has 5 heteroatoms. The Morgan fingerprint density at radius 3 is 2.44 bits per heavy atom. The lowest BCUT2D eigenvalue weighted by atomic mass is 10.1. The number of carbonyl (C=O) groups is 1. The summed E-state index contributed by atoms with van der Waals surface area (Å²) in [5, 5.41) is 3.92. The number of aromatic nitrogens is 1. The largest absolute Gasteiger partial charge is 0.489 e. The van der Waals surface area contributed by atoms with E-state index in [1.807, 2.05) is 84.9 Å². The summed E-state index contributed by atoms with van der Waals surface area (Å²) in [5.74, 6) is 0.482. The number of ether oxygens (including phenoxy) is 1. The molecule has 4 aromatic carbocycles. The molecule has 0 saturated carbocycles. The first-order valence-corrected chi connectivity index (χ1v) is 11.1. The van der Waals surface area contributed by atoms with Gasteiger partial charge in [-0.1, -0.05) is 48.5 Å². The lowest BCUT2D eigenvalue weighted by Crippen LogP contribution is -2.11. The number of benzene rings is 4. The van der Waals surface area contributed by atoms with Crippen LogP contribution >= 0.6 is 11.3 Å². The van der Waals surface area contributed by atoms with E-state index in [2.05, 4.69) is 16.4 Å². The van der Waals surface area contributed by atoms with Crippen molar-refractivity contribution in [3.8, 4) is 16.3 Å². The molecule has 5 rings (SSSR count). The third-order valence-corrected chi connectivity index (χ3v) is 6.11. The van der Waals surface area contributed by atoms with Crippen LogP contribution in [-0.4, -0.2) is 10.9 Å². The van der Waals surface area contributed by atoms with E-state index in [4.69, 9.17) is 4.74 Å². The number of rotatable bonds is 6. The molecule has 0 spiro atoms. The number of hydrogen-bond acceptors (Lipinski definition) is 4. The molecule has 0 bridgehead atoms. The molecule has 0 atom stereocenters. The summed E-state index contributed by atoms with van der Waals surface area (Å²) < 4.78 is 7.00. The SMILES string of the molecule is O=C(Nc1ccc(-c2nc3ccccc3s2)cc1)c1cccc(OCc2ccccc2)c1. The second kappa shape index (κ2) is 9.04. The van der Waals surface area contributed by atoms with Gasteiger partial charge in [0.15, 0.2) is 0 Å². The maximum atomic E-state index is 12.7. The Hall–Kier alpha value is -3.96. The van der Waals surface area contributed by atoms with Crippen LogP contribution in [0.2, 0.25) is 0 Å². The van der Waals surface area contributed by atoms with Gasteiger partial charge in [0.2, 0.25) is 0 Å². The Morgan fingerprint density at radius 2 is 1.62 bits per heavy atom. The number of nitrogens with one attached hydrogen (secondary N) is 1. The van der Waals surface area contributed by atoms with Crippen molar-refractivity contribution in [3.05, 3.63) is 114 Å². The van der Waals surface area contributed by atoms with Gasteiger partial charge in [0, 0.05) is 16.8 Å². The summed E-state index contributed by atoms with van der Waals surface area (Å²) in [6.07, 6.45) is 0. The van der Waals surface area contributed by atoms with Gasteiger partial charge in [0.25, 0.3) is 5.91 Å². The first-order chi connectivity index (χ1) is 15.7. The fourth-order valence-corrected chi connectivity index (χ4v) is 4.33. The van der Waals surface area contributed by atoms with Gasteiger partial charge in [-0.3, -0.25) is 4.79 Å². The van der Waals surface area contributed by atoms with Crippen molar-refractivity contribution in [2.45, 2.75) is 6.61 Å². The zero-order chi connectivity index (χ0) is 21.8. The number of para-hydroxylation sites is 1. The highest BCUT2D eigenvalue weighted by Crippen LogP contribution is 2.30. The lowest BCUT2D eigenvalue weighted by molar-refractivity contribution is 0.102. The molecule has 0 aliphatic carbocycles. The van der Waals surface area contributed by atoms with E-state index in [0.717, 1.165) is 32.0 Å². The number of fused-ring (bicyclic) bond motifs is 1. The molecule has 156 valence electrons. The first-order valence-electron chi connectivity index (χ1n) is 10.3. The van der Waals surface area contributed by atoms with Crippen molar-refractivity contribution < 1.29 is 9.53 Å². The van der Waals surface area contributed by atoms with Crippen molar-refractivity contribution in [1.29, 1.82) is 0 Å². The van der Waals surface area contributed by atoms with Crippen LogP contribution in [0.3, 0.4) is 0 Å². The van der Waals surface area contributed by atoms with Gasteiger partial charge in [-0.2, -0.15) is 0 Å². The molecule has 4 nitrogen and oxygen atoms in total. The molecule has 32 heavy (non-hydrogen) atoms. The zero-order valence-electron chi connectivity index (χ0n) is 17.2. The minimum atomic E-state index is -0.178. The predicted molar refractivity (Wildman–Crippen MR) is 130 cm³/mol. The first kappa shape index (κ1) is 20.0. The van der Waals surface area contributed by atoms with Crippen molar-refractivity contribution in [1.82, 2.24) is 4.98 Å².